The number of carbonyl (C=O) groups is 1. The van der Waals surface area contributed by atoms with Crippen LogP contribution in [-0.2, 0) is 17.8 Å². The molecule has 0 aliphatic carbocycles. The van der Waals surface area contributed by atoms with Crippen LogP contribution >= 0.6 is 0 Å². The number of nitrogens with zero attached hydrogens (tertiary/aromatic N) is 3. The van der Waals surface area contributed by atoms with Gasteiger partial charge in [0.15, 0.2) is 0 Å². The van der Waals surface area contributed by atoms with Gasteiger partial charge in [0, 0.05) is 24.2 Å². The highest BCUT2D eigenvalue weighted by molar-refractivity contribution is 5.70. The van der Waals surface area contributed by atoms with E-state index in [1.807, 2.05) is 36.4 Å². The Morgan fingerprint density at radius 1 is 1.06 bits per heavy atom. The third kappa shape index (κ3) is 5.39. The molecule has 0 amide bonds. The van der Waals surface area contributed by atoms with Crippen molar-refractivity contribution in [1.82, 2.24) is 15.0 Å². The van der Waals surface area contributed by atoms with Crippen LogP contribution in [0, 0.1) is 11.3 Å². The maximum Gasteiger partial charge on any atom is 0.307 e. The van der Waals surface area contributed by atoms with Gasteiger partial charge >= 0.3 is 5.97 Å². The lowest BCUT2D eigenvalue weighted by molar-refractivity contribution is -0.141. The summed E-state index contributed by atoms with van der Waals surface area (Å²) in [6.45, 7) is 8.88. The Bertz CT molecular complexity index is 1030. The van der Waals surface area contributed by atoms with Crippen LogP contribution < -0.4 is 0 Å². The molecule has 1 N–H and O–H groups in total. The number of carboxylic acids is 1. The quantitative estimate of drug-likeness (QED) is 0.612. The molecule has 1 aliphatic heterocycles. The summed E-state index contributed by atoms with van der Waals surface area (Å²) in [5, 5.41) is 13.3. The van der Waals surface area contributed by atoms with E-state index in [-0.39, 0.29) is 11.3 Å². The lowest BCUT2D eigenvalue weighted by Gasteiger charge is -2.17. The van der Waals surface area contributed by atoms with Gasteiger partial charge in [-0.3, -0.25) is 9.69 Å². The van der Waals surface area contributed by atoms with Crippen molar-refractivity contribution >= 4 is 5.97 Å². The Kier molecular flexibility index (Phi) is 5.92. The summed E-state index contributed by atoms with van der Waals surface area (Å²) in [4.78, 5) is 17.9. The molecule has 0 saturated carbocycles. The van der Waals surface area contributed by atoms with Gasteiger partial charge in [-0.1, -0.05) is 62.3 Å². The van der Waals surface area contributed by atoms with Crippen LogP contribution in [0.25, 0.3) is 22.8 Å². The number of rotatable bonds is 6. The summed E-state index contributed by atoms with van der Waals surface area (Å²) >= 11 is 0. The molecule has 2 heterocycles. The van der Waals surface area contributed by atoms with E-state index in [2.05, 4.69) is 47.9 Å². The number of likely N-dealkylation sites (tertiary alicyclic amines) is 1. The molecule has 3 aromatic rings. The second-order valence-corrected chi connectivity index (χ2v) is 9.61. The molecule has 4 rings (SSSR count). The first kappa shape index (κ1) is 21.2. The summed E-state index contributed by atoms with van der Waals surface area (Å²) < 4.78 is 5.49. The van der Waals surface area contributed by atoms with Gasteiger partial charge in [-0.25, -0.2) is 0 Å². The zero-order chi connectivity index (χ0) is 22.0. The van der Waals surface area contributed by atoms with Crippen molar-refractivity contribution in [3.8, 4) is 22.8 Å². The summed E-state index contributed by atoms with van der Waals surface area (Å²) in [5.41, 5.74) is 4.49. The van der Waals surface area contributed by atoms with Gasteiger partial charge in [-0.15, -0.1) is 0 Å². The third-order valence-electron chi connectivity index (χ3n) is 5.60. The van der Waals surface area contributed by atoms with Crippen molar-refractivity contribution in [3.63, 3.8) is 0 Å². The van der Waals surface area contributed by atoms with E-state index in [0.29, 0.717) is 18.3 Å². The van der Waals surface area contributed by atoms with Crippen LogP contribution in [0.15, 0.2) is 53.1 Å². The Labute approximate surface area is 182 Å². The number of benzene rings is 2. The monoisotopic (exact) mass is 419 g/mol. The molecule has 2 aromatic carbocycles. The number of hydrogen-bond donors (Lipinski definition) is 1. The molecule has 0 spiro atoms. The minimum atomic E-state index is -0.699. The molecular formula is C25H29N3O3. The Morgan fingerprint density at radius 2 is 1.71 bits per heavy atom. The summed E-state index contributed by atoms with van der Waals surface area (Å²) in [7, 11) is 0. The second-order valence-electron chi connectivity index (χ2n) is 9.61. The first-order chi connectivity index (χ1) is 14.8. The standard InChI is InChI=1S/C25H29N3O3/c1-25(2,3)14-17-4-10-20(11-5-17)23-26-22(27-31-23)19-8-6-18(7-9-19)15-28-13-12-21(16-28)24(29)30/h4-11,21H,12-16H2,1-3H3,(H,29,30)/t21-/m1/s1. The molecule has 1 atom stereocenters. The topological polar surface area (TPSA) is 79.5 Å². The minimum Gasteiger partial charge on any atom is -0.481 e. The smallest absolute Gasteiger partial charge is 0.307 e. The highest BCUT2D eigenvalue weighted by Gasteiger charge is 2.27. The van der Waals surface area contributed by atoms with Crippen LogP contribution in [0.3, 0.4) is 0 Å². The predicted octanol–water partition coefficient (Wildman–Crippen LogP) is 4.90. The summed E-state index contributed by atoms with van der Waals surface area (Å²) in [5.74, 6) is 0.125. The maximum atomic E-state index is 11.1. The van der Waals surface area contributed by atoms with Gasteiger partial charge in [-0.2, -0.15) is 4.98 Å². The molecule has 1 aromatic heterocycles. The Balaban J connectivity index is 1.40. The van der Waals surface area contributed by atoms with Gasteiger partial charge < -0.3 is 9.63 Å². The van der Waals surface area contributed by atoms with Crippen molar-refractivity contribution in [2.45, 2.75) is 40.2 Å². The fourth-order valence-corrected chi connectivity index (χ4v) is 4.03. The maximum absolute atomic E-state index is 11.1. The third-order valence-corrected chi connectivity index (χ3v) is 5.60. The largest absolute Gasteiger partial charge is 0.481 e. The molecule has 1 saturated heterocycles. The highest BCUT2D eigenvalue weighted by atomic mass is 16.5. The zero-order valence-corrected chi connectivity index (χ0v) is 18.3. The molecule has 0 unspecified atom stereocenters. The number of hydrogen-bond acceptors (Lipinski definition) is 5. The SMILES string of the molecule is CC(C)(C)Cc1ccc(-c2nc(-c3ccc(CN4CC[C@@H](C(=O)O)C4)cc3)no2)cc1. The van der Waals surface area contributed by atoms with Gasteiger partial charge in [0.25, 0.3) is 5.89 Å². The van der Waals surface area contributed by atoms with Crippen molar-refractivity contribution < 1.29 is 14.4 Å². The van der Waals surface area contributed by atoms with Crippen LogP contribution in [0.4, 0.5) is 0 Å². The fraction of sp³-hybridized carbons (Fsp3) is 0.400. The average molecular weight is 420 g/mol. The van der Waals surface area contributed by atoms with Crippen LogP contribution in [0.1, 0.15) is 38.3 Å². The molecule has 6 heteroatoms. The van der Waals surface area contributed by atoms with Crippen LogP contribution in [0.5, 0.6) is 0 Å². The zero-order valence-electron chi connectivity index (χ0n) is 18.3. The molecular weight excluding hydrogens is 390 g/mol. The fourth-order valence-electron chi connectivity index (χ4n) is 4.03. The van der Waals surface area contributed by atoms with Crippen LogP contribution in [0.2, 0.25) is 0 Å². The van der Waals surface area contributed by atoms with Crippen LogP contribution in [-0.4, -0.2) is 39.2 Å². The van der Waals surface area contributed by atoms with E-state index < -0.39 is 5.97 Å². The lowest BCUT2D eigenvalue weighted by Crippen LogP contribution is -2.22. The van der Waals surface area contributed by atoms with Gasteiger partial charge in [0.1, 0.15) is 0 Å². The minimum absolute atomic E-state index is 0.248. The number of aromatic nitrogens is 2. The van der Waals surface area contributed by atoms with Gasteiger partial charge in [0.2, 0.25) is 5.82 Å². The summed E-state index contributed by atoms with van der Waals surface area (Å²) in [6, 6.07) is 16.4. The van der Waals surface area contributed by atoms with Crippen molar-refractivity contribution in [2.75, 3.05) is 13.1 Å². The van der Waals surface area contributed by atoms with E-state index in [9.17, 15) is 4.79 Å². The van der Waals surface area contributed by atoms with Crippen molar-refractivity contribution in [2.24, 2.45) is 11.3 Å². The van der Waals surface area contributed by atoms with Gasteiger partial charge in [-0.05, 0) is 48.1 Å². The highest BCUT2D eigenvalue weighted by Crippen LogP contribution is 2.26. The molecule has 31 heavy (non-hydrogen) atoms. The van der Waals surface area contributed by atoms with Gasteiger partial charge in [0.05, 0.1) is 5.92 Å². The van der Waals surface area contributed by atoms with E-state index >= 15 is 0 Å². The van der Waals surface area contributed by atoms with E-state index in [0.717, 1.165) is 42.6 Å². The predicted molar refractivity (Wildman–Crippen MR) is 119 cm³/mol. The number of aliphatic carboxylic acids is 1. The second kappa shape index (κ2) is 8.63. The first-order valence-corrected chi connectivity index (χ1v) is 10.7. The molecule has 1 aliphatic rings. The van der Waals surface area contributed by atoms with E-state index in [1.165, 1.54) is 5.56 Å². The number of carboxylic acid groups (broad SMARTS) is 1. The Morgan fingerprint density at radius 3 is 2.32 bits per heavy atom. The first-order valence-electron chi connectivity index (χ1n) is 10.7. The molecule has 1 fully saturated rings. The van der Waals surface area contributed by atoms with Crippen molar-refractivity contribution in [3.05, 3.63) is 59.7 Å². The Hall–Kier alpha value is -2.99. The summed E-state index contributed by atoms with van der Waals surface area (Å²) in [6.07, 6.45) is 1.74. The molecule has 0 radical (unpaired) electrons. The molecule has 6 nitrogen and oxygen atoms in total. The van der Waals surface area contributed by atoms with Crippen molar-refractivity contribution in [1.29, 1.82) is 0 Å². The van der Waals surface area contributed by atoms with E-state index in [4.69, 9.17) is 9.63 Å². The molecule has 162 valence electrons. The molecule has 0 bridgehead atoms. The normalized spacial score (nSPS) is 17.2. The van der Waals surface area contributed by atoms with E-state index in [1.54, 1.807) is 0 Å². The lowest BCUT2D eigenvalue weighted by atomic mass is 9.88. The average Bonchev–Trinajstić information content (AvgIpc) is 3.38.